The molecule has 0 aliphatic carbocycles. The van der Waals surface area contributed by atoms with E-state index < -0.39 is 14.8 Å². The number of piperidine rings is 1. The predicted octanol–water partition coefficient (Wildman–Crippen LogP) is 2.67. The Hall–Kier alpha value is -1.67. The summed E-state index contributed by atoms with van der Waals surface area (Å²) in [5.41, 5.74) is 0.205. The Morgan fingerprint density at radius 1 is 1.38 bits per heavy atom. The molecule has 0 radical (unpaired) electrons. The summed E-state index contributed by atoms with van der Waals surface area (Å²) in [5, 5.41) is 14.0. The number of nitrogens with zero attached hydrogens (tertiary/aromatic N) is 2. The minimum atomic E-state index is -3.54. The van der Waals surface area contributed by atoms with Crippen molar-refractivity contribution in [2.75, 3.05) is 31.2 Å². The Labute approximate surface area is 143 Å². The molecular weight excluding hydrogens is 330 g/mol. The first-order valence-electron chi connectivity index (χ1n) is 8.29. The molecule has 8 heteroatoms. The third-order valence-corrected chi connectivity index (χ3v) is 5.65. The number of non-ortho nitro benzene ring substituents is 1. The maximum Gasteiger partial charge on any atom is 0.270 e. The largest absolute Gasteiger partial charge is 0.383 e. The molecule has 1 unspecified atom stereocenters. The normalized spacial score (nSPS) is 19.2. The van der Waals surface area contributed by atoms with Crippen LogP contribution < -0.4 is 5.32 Å². The highest BCUT2D eigenvalue weighted by Gasteiger charge is 2.21. The third kappa shape index (κ3) is 4.67. The van der Waals surface area contributed by atoms with Gasteiger partial charge in [-0.15, -0.1) is 0 Å². The molecule has 0 spiro atoms. The van der Waals surface area contributed by atoms with E-state index in [1.807, 2.05) is 0 Å². The number of nitrogens with one attached hydrogen (secondary N) is 1. The molecule has 0 amide bonds. The second-order valence-electron chi connectivity index (χ2n) is 6.23. The monoisotopic (exact) mass is 355 g/mol. The van der Waals surface area contributed by atoms with Crippen LogP contribution in [0.15, 0.2) is 23.1 Å². The van der Waals surface area contributed by atoms with Crippen LogP contribution in [0.3, 0.4) is 0 Å². The minimum Gasteiger partial charge on any atom is -0.383 e. The summed E-state index contributed by atoms with van der Waals surface area (Å²) in [4.78, 5) is 12.7. The van der Waals surface area contributed by atoms with Crippen molar-refractivity contribution in [1.29, 1.82) is 0 Å². The van der Waals surface area contributed by atoms with Crippen molar-refractivity contribution < 1.29 is 13.3 Å². The lowest BCUT2D eigenvalue weighted by Crippen LogP contribution is -2.41. The van der Waals surface area contributed by atoms with E-state index >= 15 is 0 Å². The molecule has 1 atom stereocenters. The van der Waals surface area contributed by atoms with Crippen LogP contribution in [-0.4, -0.2) is 50.2 Å². The Morgan fingerprint density at radius 3 is 2.75 bits per heavy atom. The van der Waals surface area contributed by atoms with Crippen LogP contribution in [0.2, 0.25) is 0 Å². The highest BCUT2D eigenvalue weighted by Crippen LogP contribution is 2.26. The summed E-state index contributed by atoms with van der Waals surface area (Å²) in [7, 11) is -3.54. The van der Waals surface area contributed by atoms with E-state index in [2.05, 4.69) is 17.1 Å². The van der Waals surface area contributed by atoms with E-state index in [1.165, 1.54) is 31.4 Å². The highest BCUT2D eigenvalue weighted by atomic mass is 32.2. The lowest BCUT2D eigenvalue weighted by Gasteiger charge is -2.35. The van der Waals surface area contributed by atoms with Crippen molar-refractivity contribution in [3.8, 4) is 0 Å². The van der Waals surface area contributed by atoms with E-state index in [0.29, 0.717) is 18.3 Å². The number of benzene rings is 1. The van der Waals surface area contributed by atoms with E-state index in [9.17, 15) is 18.5 Å². The topological polar surface area (TPSA) is 92.5 Å². The molecule has 1 aliphatic rings. The zero-order valence-corrected chi connectivity index (χ0v) is 15.0. The predicted molar refractivity (Wildman–Crippen MR) is 94.2 cm³/mol. The van der Waals surface area contributed by atoms with E-state index in [-0.39, 0.29) is 10.6 Å². The van der Waals surface area contributed by atoms with Crippen molar-refractivity contribution in [2.45, 2.75) is 43.5 Å². The molecule has 1 N–H and O–H groups in total. The zero-order valence-electron chi connectivity index (χ0n) is 14.2. The van der Waals surface area contributed by atoms with Crippen LogP contribution in [0.5, 0.6) is 0 Å². The van der Waals surface area contributed by atoms with Crippen molar-refractivity contribution in [3.05, 3.63) is 28.3 Å². The summed E-state index contributed by atoms with van der Waals surface area (Å²) < 4.78 is 23.8. The first-order valence-corrected chi connectivity index (χ1v) is 10.2. The van der Waals surface area contributed by atoms with E-state index in [4.69, 9.17) is 0 Å². The second-order valence-corrected chi connectivity index (χ2v) is 8.21. The fraction of sp³-hybridized carbons (Fsp3) is 0.625. The molecule has 1 aromatic rings. The molecule has 134 valence electrons. The van der Waals surface area contributed by atoms with Crippen molar-refractivity contribution in [2.24, 2.45) is 0 Å². The van der Waals surface area contributed by atoms with Crippen LogP contribution in [0.1, 0.15) is 32.6 Å². The molecule has 1 saturated heterocycles. The Kier molecular flexibility index (Phi) is 6.17. The first-order chi connectivity index (χ1) is 11.3. The number of rotatable bonds is 7. The Balaban J connectivity index is 2.08. The van der Waals surface area contributed by atoms with Crippen LogP contribution in [0, 0.1) is 10.1 Å². The highest BCUT2D eigenvalue weighted by molar-refractivity contribution is 7.90. The van der Waals surface area contributed by atoms with Crippen LogP contribution in [-0.2, 0) is 9.84 Å². The fourth-order valence-electron chi connectivity index (χ4n) is 3.23. The van der Waals surface area contributed by atoms with Gasteiger partial charge >= 0.3 is 0 Å². The average molecular weight is 355 g/mol. The first kappa shape index (κ1) is 18.7. The van der Waals surface area contributed by atoms with Gasteiger partial charge in [0, 0.05) is 37.5 Å². The maximum atomic E-state index is 11.9. The zero-order chi connectivity index (χ0) is 17.7. The molecule has 0 bridgehead atoms. The summed E-state index contributed by atoms with van der Waals surface area (Å²) in [6.45, 7) is 4.70. The lowest BCUT2D eigenvalue weighted by atomic mass is 10.0. The number of hydrogen-bond acceptors (Lipinski definition) is 6. The van der Waals surface area contributed by atoms with Gasteiger partial charge in [0.05, 0.1) is 15.5 Å². The Bertz CT molecular complexity index is 691. The molecule has 24 heavy (non-hydrogen) atoms. The van der Waals surface area contributed by atoms with Crippen LogP contribution >= 0.6 is 0 Å². The van der Waals surface area contributed by atoms with Crippen LogP contribution in [0.4, 0.5) is 11.4 Å². The SMILES string of the molecule is CCC1CCCCN1CCNc1ccc([N+](=O)[O-])cc1S(C)(=O)=O. The number of nitro groups is 1. The van der Waals surface area contributed by atoms with Crippen molar-refractivity contribution in [3.63, 3.8) is 0 Å². The number of hydrogen-bond donors (Lipinski definition) is 1. The van der Waals surface area contributed by atoms with Gasteiger partial charge in [0.15, 0.2) is 9.84 Å². The molecule has 7 nitrogen and oxygen atoms in total. The number of likely N-dealkylation sites (tertiary alicyclic amines) is 1. The van der Waals surface area contributed by atoms with Gasteiger partial charge in [-0.2, -0.15) is 0 Å². The molecule has 0 aromatic heterocycles. The Morgan fingerprint density at radius 2 is 2.12 bits per heavy atom. The summed E-state index contributed by atoms with van der Waals surface area (Å²) in [5.74, 6) is 0. The number of sulfone groups is 1. The minimum absolute atomic E-state index is 0.0256. The average Bonchev–Trinajstić information content (AvgIpc) is 2.54. The fourth-order valence-corrected chi connectivity index (χ4v) is 4.10. The maximum absolute atomic E-state index is 11.9. The number of nitro benzene ring substituents is 1. The van der Waals surface area contributed by atoms with E-state index in [0.717, 1.165) is 31.8 Å². The quantitative estimate of drug-likeness (QED) is 0.597. The van der Waals surface area contributed by atoms with Gasteiger partial charge in [-0.1, -0.05) is 13.3 Å². The molecule has 2 rings (SSSR count). The standard InChI is InChI=1S/C16H25N3O4S/c1-3-13-6-4-5-10-18(13)11-9-17-15-8-7-14(19(20)21)12-16(15)24(2,22)23/h7-8,12-13,17H,3-6,9-11H2,1-2H3. The summed E-state index contributed by atoms with van der Waals surface area (Å²) in [6.07, 6.45) is 5.86. The van der Waals surface area contributed by atoms with Gasteiger partial charge in [0.1, 0.15) is 0 Å². The van der Waals surface area contributed by atoms with E-state index in [1.54, 1.807) is 0 Å². The van der Waals surface area contributed by atoms with Gasteiger partial charge in [-0.3, -0.25) is 15.0 Å². The van der Waals surface area contributed by atoms with Gasteiger partial charge in [-0.25, -0.2) is 8.42 Å². The molecule has 1 fully saturated rings. The smallest absolute Gasteiger partial charge is 0.270 e. The molecule has 1 aromatic carbocycles. The molecule has 0 saturated carbocycles. The summed E-state index contributed by atoms with van der Waals surface area (Å²) in [6, 6.07) is 4.51. The lowest BCUT2D eigenvalue weighted by molar-refractivity contribution is -0.385. The van der Waals surface area contributed by atoms with Gasteiger partial charge in [-0.05, 0) is 31.9 Å². The van der Waals surface area contributed by atoms with Crippen molar-refractivity contribution >= 4 is 21.2 Å². The van der Waals surface area contributed by atoms with Gasteiger partial charge in [0.25, 0.3) is 5.69 Å². The second kappa shape index (κ2) is 7.94. The molecule has 1 heterocycles. The summed E-state index contributed by atoms with van der Waals surface area (Å²) >= 11 is 0. The third-order valence-electron chi connectivity index (χ3n) is 4.51. The van der Waals surface area contributed by atoms with Crippen molar-refractivity contribution in [1.82, 2.24) is 4.90 Å². The molecule has 1 aliphatic heterocycles. The molecular formula is C16H25N3O4S. The van der Waals surface area contributed by atoms with Crippen LogP contribution in [0.25, 0.3) is 0 Å². The number of anilines is 1. The van der Waals surface area contributed by atoms with Gasteiger partial charge in [0.2, 0.25) is 0 Å². The van der Waals surface area contributed by atoms with Gasteiger partial charge < -0.3 is 5.32 Å².